The maximum atomic E-state index is 10.1. The monoisotopic (exact) mass is 1270 g/mol. The maximum Gasteiger partial charge on any atom is 0.0930 e. The third-order valence-corrected chi connectivity index (χ3v) is 20.3. The SMILES string of the molecule is CN(C)CCCN(CCCCCCC1(CCCCCCN(CCCN(C)C)CCCN(C)C)c2cc(-c3ccc4c(c3)C(CCCN(CCO)CCO)(CCCN(CCO)CCO)c3cc(C(C)(C)C)ccc3-4)cnc2-c2ncc(C(C)(C)C)cc21)CCCN(C)C. The zero-order chi connectivity index (χ0) is 66.9. The molecular formula is C78H132N10O4. The molecule has 0 saturated heterocycles. The van der Waals surface area contributed by atoms with E-state index in [-0.39, 0.29) is 48.1 Å². The lowest BCUT2D eigenvalue weighted by atomic mass is 9.69. The Kier molecular flexibility index (Phi) is 32.1. The van der Waals surface area contributed by atoms with Gasteiger partial charge in [-0.25, -0.2) is 0 Å². The van der Waals surface area contributed by atoms with E-state index in [4.69, 9.17) is 9.97 Å². The van der Waals surface area contributed by atoms with Crippen molar-refractivity contribution in [1.29, 1.82) is 0 Å². The number of fused-ring (bicyclic) bond motifs is 6. The lowest BCUT2D eigenvalue weighted by Gasteiger charge is -2.35. The van der Waals surface area contributed by atoms with E-state index >= 15 is 0 Å². The second-order valence-corrected chi connectivity index (χ2v) is 30.8. The van der Waals surface area contributed by atoms with Crippen LogP contribution in [0.15, 0.2) is 60.9 Å². The van der Waals surface area contributed by atoms with E-state index in [1.807, 2.05) is 0 Å². The summed E-state index contributed by atoms with van der Waals surface area (Å²) in [7, 11) is 17.5. The molecule has 0 spiro atoms. The van der Waals surface area contributed by atoms with Crippen molar-refractivity contribution in [2.24, 2.45) is 0 Å². The van der Waals surface area contributed by atoms with Crippen LogP contribution in [0.25, 0.3) is 33.6 Å². The van der Waals surface area contributed by atoms with E-state index in [1.165, 1.54) is 114 Å². The molecule has 2 aliphatic carbocycles. The zero-order valence-corrected chi connectivity index (χ0v) is 60.9. The van der Waals surface area contributed by atoms with Crippen molar-refractivity contribution >= 4 is 0 Å². The summed E-state index contributed by atoms with van der Waals surface area (Å²) in [6, 6.07) is 19.6. The van der Waals surface area contributed by atoms with Gasteiger partial charge in [-0.3, -0.25) is 19.8 Å². The van der Waals surface area contributed by atoms with E-state index in [0.29, 0.717) is 26.2 Å². The van der Waals surface area contributed by atoms with Crippen LogP contribution in [0.2, 0.25) is 0 Å². The Labute approximate surface area is 561 Å². The number of rotatable bonds is 47. The lowest BCUT2D eigenvalue weighted by molar-refractivity contribution is 0.153. The molecule has 4 N–H and O–H groups in total. The molecule has 2 aliphatic rings. The summed E-state index contributed by atoms with van der Waals surface area (Å²) < 4.78 is 0. The molecule has 0 saturated carbocycles. The van der Waals surface area contributed by atoms with Crippen molar-refractivity contribution in [2.45, 2.75) is 179 Å². The Balaban J connectivity index is 1.42. The van der Waals surface area contributed by atoms with Crippen molar-refractivity contribution in [1.82, 2.24) is 49.2 Å². The van der Waals surface area contributed by atoms with E-state index in [1.54, 1.807) is 0 Å². The average Bonchev–Trinajstić information content (AvgIpc) is 1.57. The number of hydrogen-bond acceptors (Lipinski definition) is 14. The minimum Gasteiger partial charge on any atom is -0.395 e. The summed E-state index contributed by atoms with van der Waals surface area (Å²) in [4.78, 5) is 30.2. The van der Waals surface area contributed by atoms with Gasteiger partial charge in [-0.1, -0.05) is 116 Å². The van der Waals surface area contributed by atoms with Crippen molar-refractivity contribution in [3.63, 3.8) is 0 Å². The number of aliphatic hydroxyl groups is 4. The molecule has 4 aromatic rings. The first-order valence-electron chi connectivity index (χ1n) is 36.2. The van der Waals surface area contributed by atoms with Crippen LogP contribution in [0.1, 0.15) is 190 Å². The van der Waals surface area contributed by atoms with Gasteiger partial charge in [-0.15, -0.1) is 0 Å². The zero-order valence-electron chi connectivity index (χ0n) is 60.9. The molecule has 2 aromatic carbocycles. The number of unbranched alkanes of at least 4 members (excludes halogenated alkanes) is 6. The van der Waals surface area contributed by atoms with Crippen LogP contribution in [0.4, 0.5) is 0 Å². The molecule has 2 aromatic heterocycles. The molecule has 0 fully saturated rings. The summed E-state index contributed by atoms with van der Waals surface area (Å²) in [6.07, 6.45) is 24.4. The Morgan fingerprint density at radius 2 is 0.641 bits per heavy atom. The highest BCUT2D eigenvalue weighted by molar-refractivity contribution is 5.85. The highest BCUT2D eigenvalue weighted by atomic mass is 16.3. The van der Waals surface area contributed by atoms with E-state index in [9.17, 15) is 20.4 Å². The van der Waals surface area contributed by atoms with Crippen LogP contribution >= 0.6 is 0 Å². The minimum absolute atomic E-state index is 0.0538. The van der Waals surface area contributed by atoms with Crippen LogP contribution in [-0.2, 0) is 21.7 Å². The van der Waals surface area contributed by atoms with Gasteiger partial charge in [0.2, 0.25) is 0 Å². The van der Waals surface area contributed by atoms with Gasteiger partial charge in [-0.2, -0.15) is 0 Å². The van der Waals surface area contributed by atoms with Crippen LogP contribution < -0.4 is 0 Å². The first-order chi connectivity index (χ1) is 44.0. The molecule has 2 heterocycles. The van der Waals surface area contributed by atoms with E-state index in [0.717, 1.165) is 147 Å². The van der Waals surface area contributed by atoms with Crippen molar-refractivity contribution in [3.05, 3.63) is 94.3 Å². The standard InChI is InChI=1S/C78H132N10O4/c1-75(2,3)65-30-32-68-67-31-29-63(57-69(67)77(70(68)59-65,35-23-43-87(49-53-89)50-54-90)36-24-44-88(51-55-91)52-56-92)64-58-71-73(79-61-64)74-72(60-66(62-80-74)76(4,5)6)78(71,33-19-15-17-21-41-85(45-25-37-81(7)8)46-26-38-82(9)10)34-20-16-18-22-42-86(47-27-39-83(11)12)48-28-40-84(13)14/h29-32,57-62,89-92H,15-28,33-56H2,1-14H3. The molecule has 14 heteroatoms. The predicted molar refractivity (Wildman–Crippen MR) is 389 cm³/mol. The van der Waals surface area contributed by atoms with Crippen LogP contribution in [0.5, 0.6) is 0 Å². The fraction of sp³-hybridized carbons (Fsp3) is 0.718. The van der Waals surface area contributed by atoms with Gasteiger partial charge in [-0.05, 0) is 285 Å². The van der Waals surface area contributed by atoms with E-state index < -0.39 is 0 Å². The highest BCUT2D eigenvalue weighted by Gasteiger charge is 2.46. The van der Waals surface area contributed by atoms with Gasteiger partial charge in [0.05, 0.1) is 37.8 Å². The number of nitrogens with zero attached hydrogens (tertiary/aromatic N) is 10. The first-order valence-corrected chi connectivity index (χ1v) is 36.2. The minimum atomic E-state index is -0.335. The van der Waals surface area contributed by atoms with Gasteiger partial charge >= 0.3 is 0 Å². The Morgan fingerprint density at radius 3 is 1.07 bits per heavy atom. The molecule has 92 heavy (non-hydrogen) atoms. The third-order valence-electron chi connectivity index (χ3n) is 20.3. The summed E-state index contributed by atoms with van der Waals surface area (Å²) in [6.45, 7) is 29.3. The maximum absolute atomic E-state index is 10.1. The number of pyridine rings is 2. The Hall–Kier alpha value is -3.74. The molecule has 518 valence electrons. The molecule has 0 radical (unpaired) electrons. The molecule has 0 aliphatic heterocycles. The average molecular weight is 1270 g/mol. The van der Waals surface area contributed by atoms with Gasteiger partial charge in [0.1, 0.15) is 0 Å². The molecule has 0 bridgehead atoms. The Bertz CT molecular complexity index is 2650. The second kappa shape index (κ2) is 38.3. The largest absolute Gasteiger partial charge is 0.395 e. The smallest absolute Gasteiger partial charge is 0.0930 e. The second-order valence-electron chi connectivity index (χ2n) is 30.8. The predicted octanol–water partition coefficient (Wildman–Crippen LogP) is 11.7. The molecule has 6 rings (SSSR count). The van der Waals surface area contributed by atoms with Crippen LogP contribution in [0, 0.1) is 0 Å². The normalized spacial score (nSPS) is 14.4. The lowest BCUT2D eigenvalue weighted by Crippen LogP contribution is -2.34. The van der Waals surface area contributed by atoms with Crippen LogP contribution in [-0.4, -0.2) is 257 Å². The molecule has 0 amide bonds. The van der Waals surface area contributed by atoms with Crippen molar-refractivity contribution < 1.29 is 20.4 Å². The summed E-state index contributed by atoms with van der Waals surface area (Å²) in [5.74, 6) is 0. The number of hydrogen-bond donors (Lipinski definition) is 4. The van der Waals surface area contributed by atoms with Gasteiger partial charge in [0.25, 0.3) is 0 Å². The molecule has 14 nitrogen and oxygen atoms in total. The quantitative estimate of drug-likeness (QED) is 0.0313. The summed E-state index contributed by atoms with van der Waals surface area (Å²) in [5.41, 5.74) is 14.5. The van der Waals surface area contributed by atoms with Crippen molar-refractivity contribution in [2.75, 3.05) is 188 Å². The third kappa shape index (κ3) is 22.7. The first kappa shape index (κ1) is 77.3. The molecule has 0 atom stereocenters. The van der Waals surface area contributed by atoms with Crippen LogP contribution in [0.3, 0.4) is 0 Å². The number of benzene rings is 2. The summed E-state index contributed by atoms with van der Waals surface area (Å²) in [5, 5.41) is 40.4. The number of aromatic nitrogens is 2. The summed E-state index contributed by atoms with van der Waals surface area (Å²) >= 11 is 0. The van der Waals surface area contributed by atoms with Crippen molar-refractivity contribution in [3.8, 4) is 33.6 Å². The molecule has 0 unspecified atom stereocenters. The fourth-order valence-electron chi connectivity index (χ4n) is 15.0. The van der Waals surface area contributed by atoms with Gasteiger partial charge < -0.3 is 49.8 Å². The Morgan fingerprint density at radius 1 is 0.315 bits per heavy atom. The van der Waals surface area contributed by atoms with Gasteiger partial charge in [0.15, 0.2) is 0 Å². The van der Waals surface area contributed by atoms with E-state index in [2.05, 4.69) is 198 Å². The molecular weight excluding hydrogens is 1140 g/mol. The fourth-order valence-corrected chi connectivity index (χ4v) is 15.0. The van der Waals surface area contributed by atoms with Gasteiger partial charge in [0, 0.05) is 55.0 Å². The topological polar surface area (TPSA) is 133 Å². The highest BCUT2D eigenvalue weighted by Crippen LogP contribution is 2.57. The number of aliphatic hydroxyl groups excluding tert-OH is 4.